The van der Waals surface area contributed by atoms with Gasteiger partial charge in [0.25, 0.3) is 0 Å². The van der Waals surface area contributed by atoms with Crippen LogP contribution in [-0.4, -0.2) is 23.4 Å². The van der Waals surface area contributed by atoms with E-state index in [1.165, 1.54) is 36.4 Å². The third-order valence-electron chi connectivity index (χ3n) is 3.49. The van der Waals surface area contributed by atoms with Crippen molar-refractivity contribution in [2.75, 3.05) is 13.2 Å². The quantitative estimate of drug-likeness (QED) is 0.882. The van der Waals surface area contributed by atoms with E-state index in [9.17, 15) is 19.0 Å². The predicted octanol–water partition coefficient (Wildman–Crippen LogP) is 2.43. The zero-order valence-corrected chi connectivity index (χ0v) is 10.9. The fourth-order valence-corrected chi connectivity index (χ4v) is 2.29. The van der Waals surface area contributed by atoms with Crippen LogP contribution in [0.15, 0.2) is 48.5 Å². The number of benzene rings is 2. The first kappa shape index (κ1) is 14.6. The molecule has 0 amide bonds. The Labute approximate surface area is 116 Å². The lowest BCUT2D eigenvalue weighted by atomic mass is 9.77. The summed E-state index contributed by atoms with van der Waals surface area (Å²) in [4.78, 5) is 0. The van der Waals surface area contributed by atoms with Crippen molar-refractivity contribution in [3.63, 3.8) is 0 Å². The van der Waals surface area contributed by atoms with Crippen molar-refractivity contribution in [3.05, 3.63) is 71.3 Å². The maximum absolute atomic E-state index is 13.2. The van der Waals surface area contributed by atoms with Gasteiger partial charge in [-0.3, -0.25) is 0 Å². The Bertz CT molecular complexity index is 563. The summed E-state index contributed by atoms with van der Waals surface area (Å²) in [5, 5.41) is 19.4. The second-order valence-corrected chi connectivity index (χ2v) is 4.91. The van der Waals surface area contributed by atoms with E-state index in [-0.39, 0.29) is 31.3 Å². The number of halogens is 2. The number of hydrogen-bond acceptors (Lipinski definition) is 2. The average molecular weight is 278 g/mol. The van der Waals surface area contributed by atoms with Gasteiger partial charge in [-0.15, -0.1) is 0 Å². The second kappa shape index (κ2) is 6.11. The molecule has 0 bridgehead atoms. The smallest absolute Gasteiger partial charge is 0.123 e. The van der Waals surface area contributed by atoms with Crippen LogP contribution in [0.25, 0.3) is 0 Å². The Morgan fingerprint density at radius 1 is 0.850 bits per heavy atom. The summed E-state index contributed by atoms with van der Waals surface area (Å²) < 4.78 is 26.2. The van der Waals surface area contributed by atoms with Crippen molar-refractivity contribution in [2.24, 2.45) is 0 Å². The van der Waals surface area contributed by atoms with Crippen molar-refractivity contribution in [1.29, 1.82) is 0 Å². The molecule has 0 unspecified atom stereocenters. The summed E-state index contributed by atoms with van der Waals surface area (Å²) in [7, 11) is 0. The van der Waals surface area contributed by atoms with Crippen LogP contribution < -0.4 is 0 Å². The topological polar surface area (TPSA) is 40.5 Å². The lowest BCUT2D eigenvalue weighted by Crippen LogP contribution is -2.37. The molecule has 2 nitrogen and oxygen atoms in total. The standard InChI is InChI=1S/C16H16F2O2/c17-14-6-4-13(5-7-14)16(10-19,11-20)9-12-2-1-3-15(18)8-12/h1-8,19-20H,9-11H2. The Kier molecular flexibility index (Phi) is 4.47. The van der Waals surface area contributed by atoms with Gasteiger partial charge in [-0.25, -0.2) is 8.78 Å². The van der Waals surface area contributed by atoms with Gasteiger partial charge in [0.05, 0.1) is 13.2 Å². The van der Waals surface area contributed by atoms with Crippen LogP contribution in [0.3, 0.4) is 0 Å². The van der Waals surface area contributed by atoms with Crippen molar-refractivity contribution in [2.45, 2.75) is 11.8 Å². The summed E-state index contributed by atoms with van der Waals surface area (Å²) >= 11 is 0. The summed E-state index contributed by atoms with van der Waals surface area (Å²) in [5.41, 5.74) is 0.326. The summed E-state index contributed by atoms with van der Waals surface area (Å²) in [6, 6.07) is 11.6. The van der Waals surface area contributed by atoms with Gasteiger partial charge in [0.2, 0.25) is 0 Å². The molecule has 0 aliphatic heterocycles. The van der Waals surface area contributed by atoms with Crippen LogP contribution in [0.1, 0.15) is 11.1 Å². The van der Waals surface area contributed by atoms with Crippen LogP contribution in [0, 0.1) is 11.6 Å². The van der Waals surface area contributed by atoms with Gasteiger partial charge < -0.3 is 10.2 Å². The molecule has 0 heterocycles. The lowest BCUT2D eigenvalue weighted by molar-refractivity contribution is 0.116. The maximum Gasteiger partial charge on any atom is 0.123 e. The maximum atomic E-state index is 13.2. The van der Waals surface area contributed by atoms with Gasteiger partial charge in [0.1, 0.15) is 11.6 Å². The minimum atomic E-state index is -0.957. The Balaban J connectivity index is 2.36. The third kappa shape index (κ3) is 3.03. The number of rotatable bonds is 5. The van der Waals surface area contributed by atoms with Crippen LogP contribution in [-0.2, 0) is 11.8 Å². The van der Waals surface area contributed by atoms with Gasteiger partial charge >= 0.3 is 0 Å². The predicted molar refractivity (Wildman–Crippen MR) is 72.4 cm³/mol. The number of hydrogen-bond donors (Lipinski definition) is 2. The Morgan fingerprint density at radius 2 is 1.50 bits per heavy atom. The molecule has 0 aromatic heterocycles. The Morgan fingerprint density at radius 3 is 2.05 bits per heavy atom. The zero-order valence-electron chi connectivity index (χ0n) is 10.9. The summed E-state index contributed by atoms with van der Waals surface area (Å²) in [5.74, 6) is -0.754. The fourth-order valence-electron chi connectivity index (χ4n) is 2.29. The van der Waals surface area contributed by atoms with Gasteiger partial charge in [0.15, 0.2) is 0 Å². The van der Waals surface area contributed by atoms with Gasteiger partial charge in [-0.05, 0) is 41.8 Å². The monoisotopic (exact) mass is 278 g/mol. The largest absolute Gasteiger partial charge is 0.395 e. The molecule has 0 fully saturated rings. The van der Waals surface area contributed by atoms with E-state index in [4.69, 9.17) is 0 Å². The lowest BCUT2D eigenvalue weighted by Gasteiger charge is -2.30. The van der Waals surface area contributed by atoms with Gasteiger partial charge in [-0.1, -0.05) is 24.3 Å². The van der Waals surface area contributed by atoms with E-state index < -0.39 is 5.41 Å². The van der Waals surface area contributed by atoms with Crippen LogP contribution >= 0.6 is 0 Å². The normalized spacial score (nSPS) is 11.6. The molecular formula is C16H16F2O2. The van der Waals surface area contributed by atoms with E-state index in [2.05, 4.69) is 0 Å². The average Bonchev–Trinajstić information content (AvgIpc) is 2.46. The number of aliphatic hydroxyl groups is 2. The molecule has 0 aliphatic rings. The van der Waals surface area contributed by atoms with E-state index >= 15 is 0 Å². The fraction of sp³-hybridized carbons (Fsp3) is 0.250. The van der Waals surface area contributed by atoms with Crippen LogP contribution in [0.4, 0.5) is 8.78 Å². The molecule has 0 spiro atoms. The first-order chi connectivity index (χ1) is 9.59. The summed E-state index contributed by atoms with van der Waals surface area (Å²) in [6.45, 7) is -0.628. The molecule has 0 atom stereocenters. The highest BCUT2D eigenvalue weighted by atomic mass is 19.1. The Hall–Kier alpha value is -1.78. The molecule has 2 rings (SSSR count). The molecule has 2 N–H and O–H groups in total. The SMILES string of the molecule is OCC(CO)(Cc1cccc(F)c1)c1ccc(F)cc1. The minimum absolute atomic E-state index is 0.267. The first-order valence-corrected chi connectivity index (χ1v) is 6.32. The number of aliphatic hydroxyl groups excluding tert-OH is 2. The molecule has 20 heavy (non-hydrogen) atoms. The van der Waals surface area contributed by atoms with E-state index in [0.717, 1.165) is 0 Å². The van der Waals surface area contributed by atoms with Gasteiger partial charge in [0, 0.05) is 5.41 Å². The molecule has 4 heteroatoms. The second-order valence-electron chi connectivity index (χ2n) is 4.91. The third-order valence-corrected chi connectivity index (χ3v) is 3.49. The van der Waals surface area contributed by atoms with Crippen molar-refractivity contribution in [1.82, 2.24) is 0 Å². The summed E-state index contributed by atoms with van der Waals surface area (Å²) in [6.07, 6.45) is 0.267. The molecule has 0 saturated heterocycles. The van der Waals surface area contributed by atoms with E-state index in [1.54, 1.807) is 12.1 Å². The van der Waals surface area contributed by atoms with Crippen LogP contribution in [0.2, 0.25) is 0 Å². The molecule has 2 aromatic carbocycles. The van der Waals surface area contributed by atoms with E-state index in [0.29, 0.717) is 11.1 Å². The highest BCUT2D eigenvalue weighted by molar-refractivity contribution is 5.30. The molecular weight excluding hydrogens is 262 g/mol. The molecule has 106 valence electrons. The van der Waals surface area contributed by atoms with Crippen LogP contribution in [0.5, 0.6) is 0 Å². The molecule has 0 aliphatic carbocycles. The molecule has 0 radical (unpaired) electrons. The van der Waals surface area contributed by atoms with Crippen molar-refractivity contribution in [3.8, 4) is 0 Å². The molecule has 2 aromatic rings. The zero-order chi connectivity index (χ0) is 14.6. The molecule has 0 saturated carbocycles. The first-order valence-electron chi connectivity index (χ1n) is 6.32. The van der Waals surface area contributed by atoms with Gasteiger partial charge in [-0.2, -0.15) is 0 Å². The van der Waals surface area contributed by atoms with Crippen molar-refractivity contribution < 1.29 is 19.0 Å². The minimum Gasteiger partial charge on any atom is -0.395 e. The highest BCUT2D eigenvalue weighted by Crippen LogP contribution is 2.28. The van der Waals surface area contributed by atoms with E-state index in [1.807, 2.05) is 0 Å². The van der Waals surface area contributed by atoms with Crippen molar-refractivity contribution >= 4 is 0 Å². The highest BCUT2D eigenvalue weighted by Gasteiger charge is 2.31.